The van der Waals surface area contributed by atoms with E-state index in [1.54, 1.807) is 6.07 Å². The van der Waals surface area contributed by atoms with E-state index in [0.717, 1.165) is 41.1 Å². The van der Waals surface area contributed by atoms with Crippen LogP contribution in [0.1, 0.15) is 69.8 Å². The van der Waals surface area contributed by atoms with Gasteiger partial charge in [-0.1, -0.05) is 38.1 Å². The molecule has 2 aliphatic heterocycles. The second kappa shape index (κ2) is 12.9. The van der Waals surface area contributed by atoms with E-state index in [1.807, 2.05) is 0 Å². The van der Waals surface area contributed by atoms with Crippen LogP contribution >= 0.6 is 0 Å². The first-order chi connectivity index (χ1) is 20.8. The van der Waals surface area contributed by atoms with Gasteiger partial charge in [-0.3, -0.25) is 19.6 Å². The Kier molecular flexibility index (Phi) is 9.33. The number of amides is 1. The number of nitrogens with one attached hydrogen (secondary N) is 1. The van der Waals surface area contributed by atoms with Crippen molar-refractivity contribution >= 4 is 5.91 Å². The van der Waals surface area contributed by atoms with Crippen LogP contribution < -0.4 is 5.32 Å². The Morgan fingerprint density at radius 3 is 2.11 bits per heavy atom. The van der Waals surface area contributed by atoms with Gasteiger partial charge in [0.15, 0.2) is 0 Å². The standard InChI is InChI=1S/C32H34F6N4O2/c1-20(2)29-28-24(19-42(29)18-21-3-7-25(8-4-21)31(33,34)35)15-23(16-39-28)30(43)40-17-27(41-11-13-44-14-12-41)22-5-9-26(10-6-22)32(36,37)38/h3-10,15-16,20,27,29H,11-14,17-19H2,1-2H3,(H,40,43)/t27?,29-/m0/s1. The average Bonchev–Trinajstić information content (AvgIpc) is 3.34. The summed E-state index contributed by atoms with van der Waals surface area (Å²) in [5.74, 6) is -0.191. The number of carbonyl (C=O) groups is 1. The highest BCUT2D eigenvalue weighted by Gasteiger charge is 2.35. The fourth-order valence-electron chi connectivity index (χ4n) is 5.99. The SMILES string of the molecule is CC(C)[C@H]1c2ncc(C(=O)NCC(c3ccc(C(F)(F)F)cc3)N3CCOCC3)cc2CN1Cc1ccc(C(F)(F)F)cc1. The second-order valence-electron chi connectivity index (χ2n) is 11.6. The van der Waals surface area contributed by atoms with Crippen LogP contribution in [-0.2, 0) is 30.2 Å². The summed E-state index contributed by atoms with van der Waals surface area (Å²) in [6.07, 6.45) is -7.32. The van der Waals surface area contributed by atoms with Gasteiger partial charge in [-0.05, 0) is 52.9 Å². The minimum absolute atomic E-state index is 0.0743. The van der Waals surface area contributed by atoms with Gasteiger partial charge in [-0.25, -0.2) is 0 Å². The molecule has 1 amide bonds. The van der Waals surface area contributed by atoms with E-state index in [1.165, 1.54) is 30.5 Å². The van der Waals surface area contributed by atoms with Crippen molar-refractivity contribution in [2.75, 3.05) is 32.8 Å². The molecule has 12 heteroatoms. The molecule has 6 nitrogen and oxygen atoms in total. The number of fused-ring (bicyclic) bond motifs is 1. The molecule has 2 aliphatic rings. The van der Waals surface area contributed by atoms with Gasteiger partial charge in [0.1, 0.15) is 0 Å². The molecule has 1 N–H and O–H groups in total. The van der Waals surface area contributed by atoms with Crippen molar-refractivity contribution in [2.24, 2.45) is 5.92 Å². The first-order valence-electron chi connectivity index (χ1n) is 14.5. The molecule has 5 rings (SSSR count). The van der Waals surface area contributed by atoms with Gasteiger partial charge in [0.25, 0.3) is 5.91 Å². The zero-order valence-electron chi connectivity index (χ0n) is 24.4. The van der Waals surface area contributed by atoms with Crippen LogP contribution in [0, 0.1) is 5.92 Å². The molecule has 3 heterocycles. The number of nitrogens with zero attached hydrogens (tertiary/aromatic N) is 3. The Bertz CT molecular complexity index is 1440. The molecule has 0 bridgehead atoms. The minimum Gasteiger partial charge on any atom is -0.379 e. The number of pyridine rings is 1. The summed E-state index contributed by atoms with van der Waals surface area (Å²) in [5, 5.41) is 2.94. The highest BCUT2D eigenvalue weighted by molar-refractivity contribution is 5.94. The van der Waals surface area contributed by atoms with Gasteiger partial charge < -0.3 is 10.1 Å². The topological polar surface area (TPSA) is 57.7 Å². The zero-order chi connectivity index (χ0) is 31.6. The van der Waals surface area contributed by atoms with E-state index in [9.17, 15) is 31.1 Å². The van der Waals surface area contributed by atoms with Crippen LogP contribution in [0.3, 0.4) is 0 Å². The maximum atomic E-state index is 13.3. The molecule has 0 radical (unpaired) electrons. The predicted molar refractivity (Wildman–Crippen MR) is 151 cm³/mol. The van der Waals surface area contributed by atoms with Crippen LogP contribution in [0.4, 0.5) is 26.3 Å². The first kappa shape index (κ1) is 31.9. The third kappa shape index (κ3) is 7.24. The molecule has 0 saturated carbocycles. The molecule has 44 heavy (non-hydrogen) atoms. The molecular weight excluding hydrogens is 586 g/mol. The molecule has 1 aromatic heterocycles. The molecule has 2 atom stereocenters. The van der Waals surface area contributed by atoms with E-state index in [2.05, 4.69) is 33.9 Å². The fourth-order valence-corrected chi connectivity index (χ4v) is 5.99. The van der Waals surface area contributed by atoms with E-state index >= 15 is 0 Å². The highest BCUT2D eigenvalue weighted by atomic mass is 19.4. The molecule has 236 valence electrons. The summed E-state index contributed by atoms with van der Waals surface area (Å²) in [5.41, 5.74) is 2.03. The zero-order valence-corrected chi connectivity index (χ0v) is 24.4. The van der Waals surface area contributed by atoms with Gasteiger partial charge >= 0.3 is 12.4 Å². The number of alkyl halides is 6. The van der Waals surface area contributed by atoms with Crippen LogP contribution in [0.25, 0.3) is 0 Å². The summed E-state index contributed by atoms with van der Waals surface area (Å²) in [7, 11) is 0. The number of morpholine rings is 1. The minimum atomic E-state index is -4.44. The molecule has 3 aromatic rings. The van der Waals surface area contributed by atoms with Crippen LogP contribution in [-0.4, -0.2) is 53.5 Å². The normalized spacial score (nSPS) is 18.8. The third-order valence-electron chi connectivity index (χ3n) is 8.17. The molecular formula is C32H34F6N4O2. The largest absolute Gasteiger partial charge is 0.416 e. The summed E-state index contributed by atoms with van der Waals surface area (Å²) >= 11 is 0. The van der Waals surface area contributed by atoms with Gasteiger partial charge in [-0.15, -0.1) is 0 Å². The smallest absolute Gasteiger partial charge is 0.379 e. The number of hydrogen-bond donors (Lipinski definition) is 1. The summed E-state index contributed by atoms with van der Waals surface area (Å²) in [6, 6.07) is 11.5. The summed E-state index contributed by atoms with van der Waals surface area (Å²) < 4.78 is 83.9. The molecule has 0 aliphatic carbocycles. The van der Waals surface area contributed by atoms with Gasteiger partial charge in [-0.2, -0.15) is 26.3 Å². The molecule has 1 saturated heterocycles. The maximum Gasteiger partial charge on any atom is 0.416 e. The van der Waals surface area contributed by atoms with Crippen molar-refractivity contribution in [3.63, 3.8) is 0 Å². The lowest BCUT2D eigenvalue weighted by Gasteiger charge is -2.35. The van der Waals surface area contributed by atoms with Crippen LogP contribution in [0.5, 0.6) is 0 Å². The molecule has 1 unspecified atom stereocenters. The van der Waals surface area contributed by atoms with Gasteiger partial charge in [0.2, 0.25) is 0 Å². The van der Waals surface area contributed by atoms with E-state index in [4.69, 9.17) is 4.74 Å². The Hall–Kier alpha value is -3.48. The van der Waals surface area contributed by atoms with Crippen molar-refractivity contribution in [1.29, 1.82) is 0 Å². The maximum absolute atomic E-state index is 13.3. The highest BCUT2D eigenvalue weighted by Crippen LogP contribution is 2.39. The summed E-state index contributed by atoms with van der Waals surface area (Å²) in [6.45, 7) is 7.31. The monoisotopic (exact) mass is 620 g/mol. The number of rotatable bonds is 8. The van der Waals surface area contributed by atoms with Gasteiger partial charge in [0, 0.05) is 38.9 Å². The van der Waals surface area contributed by atoms with Gasteiger partial charge in [0.05, 0.1) is 47.7 Å². The lowest BCUT2D eigenvalue weighted by atomic mass is 9.99. The fraction of sp³-hybridized carbons (Fsp3) is 0.438. The number of halogens is 6. The second-order valence-corrected chi connectivity index (χ2v) is 11.6. The summed E-state index contributed by atoms with van der Waals surface area (Å²) in [4.78, 5) is 22.2. The van der Waals surface area contributed by atoms with Crippen molar-refractivity contribution in [2.45, 2.75) is 51.4 Å². The molecule has 0 spiro atoms. The number of hydrogen-bond acceptors (Lipinski definition) is 5. The first-order valence-corrected chi connectivity index (χ1v) is 14.5. The van der Waals surface area contributed by atoms with Crippen LogP contribution in [0.15, 0.2) is 60.8 Å². The number of carbonyl (C=O) groups excluding carboxylic acids is 1. The Morgan fingerprint density at radius 1 is 0.955 bits per heavy atom. The Balaban J connectivity index is 1.29. The van der Waals surface area contributed by atoms with Crippen molar-refractivity contribution < 1.29 is 35.9 Å². The third-order valence-corrected chi connectivity index (χ3v) is 8.17. The van der Waals surface area contributed by atoms with Crippen molar-refractivity contribution in [3.8, 4) is 0 Å². The van der Waals surface area contributed by atoms with Crippen molar-refractivity contribution in [3.05, 3.63) is 99.9 Å². The number of aromatic nitrogens is 1. The lowest BCUT2D eigenvalue weighted by molar-refractivity contribution is -0.138. The Labute approximate surface area is 252 Å². The predicted octanol–water partition coefficient (Wildman–Crippen LogP) is 6.64. The Morgan fingerprint density at radius 2 is 1.55 bits per heavy atom. The van der Waals surface area contributed by atoms with Crippen LogP contribution in [0.2, 0.25) is 0 Å². The lowest BCUT2D eigenvalue weighted by Crippen LogP contribution is -2.43. The van der Waals surface area contributed by atoms with E-state index in [0.29, 0.717) is 50.5 Å². The van der Waals surface area contributed by atoms with Crippen molar-refractivity contribution in [1.82, 2.24) is 20.1 Å². The average molecular weight is 621 g/mol. The van der Waals surface area contributed by atoms with E-state index in [-0.39, 0.29) is 30.5 Å². The number of benzene rings is 2. The molecule has 1 fully saturated rings. The van der Waals surface area contributed by atoms with E-state index < -0.39 is 23.5 Å². The quantitative estimate of drug-likeness (QED) is 0.287. The molecule has 2 aromatic carbocycles. The number of ether oxygens (including phenoxy) is 1.